The number of aliphatic imine (C=N–C) groups is 1. The molecule has 9 heteroatoms. The number of phenolic OH excluding ortho intramolecular Hbond substituents is 1. The Labute approximate surface area is 226 Å². The molecule has 0 saturated carbocycles. The molecule has 0 radical (unpaired) electrons. The molecule has 3 heterocycles. The summed E-state index contributed by atoms with van der Waals surface area (Å²) in [5.41, 5.74) is 8.77. The van der Waals surface area contributed by atoms with Gasteiger partial charge >= 0.3 is 0 Å². The highest BCUT2D eigenvalue weighted by Gasteiger charge is 2.39. The van der Waals surface area contributed by atoms with Crippen molar-refractivity contribution >= 4 is 17.6 Å². The van der Waals surface area contributed by atoms with Gasteiger partial charge in [0.15, 0.2) is 5.82 Å². The average Bonchev–Trinajstić information content (AvgIpc) is 2.87. The van der Waals surface area contributed by atoms with E-state index in [-0.39, 0.29) is 16.8 Å². The summed E-state index contributed by atoms with van der Waals surface area (Å²) in [5.74, 6) is 0.950. The number of hydrogen-bond acceptors (Lipinski definition) is 9. The van der Waals surface area contributed by atoms with E-state index in [1.807, 2.05) is 24.3 Å². The number of morpholine rings is 1. The Hall–Kier alpha value is -3.01. The number of phenols is 1. The number of rotatable bonds is 8. The lowest BCUT2D eigenvalue weighted by atomic mass is 9.79. The second-order valence-electron chi connectivity index (χ2n) is 11.7. The van der Waals surface area contributed by atoms with Crippen molar-refractivity contribution in [1.82, 2.24) is 20.4 Å². The van der Waals surface area contributed by atoms with Gasteiger partial charge in [0.25, 0.3) is 0 Å². The van der Waals surface area contributed by atoms with Gasteiger partial charge in [0.2, 0.25) is 0 Å². The predicted octanol–water partition coefficient (Wildman–Crippen LogP) is 3.30. The van der Waals surface area contributed by atoms with Gasteiger partial charge in [-0.1, -0.05) is 6.07 Å². The molecule has 0 spiro atoms. The van der Waals surface area contributed by atoms with Crippen LogP contribution in [0.1, 0.15) is 46.1 Å². The highest BCUT2D eigenvalue weighted by molar-refractivity contribution is 6.09. The van der Waals surface area contributed by atoms with Crippen LogP contribution in [0.2, 0.25) is 0 Å². The van der Waals surface area contributed by atoms with Crippen LogP contribution in [0.25, 0.3) is 16.8 Å². The number of nitrogens with zero attached hydrogens (tertiary/aromatic N) is 5. The van der Waals surface area contributed by atoms with E-state index in [0.29, 0.717) is 23.8 Å². The molecule has 1 aromatic carbocycles. The van der Waals surface area contributed by atoms with Crippen molar-refractivity contribution in [2.45, 2.75) is 57.7 Å². The minimum Gasteiger partial charge on any atom is -0.507 e. The van der Waals surface area contributed by atoms with Crippen molar-refractivity contribution < 1.29 is 9.84 Å². The van der Waals surface area contributed by atoms with Crippen LogP contribution >= 0.6 is 0 Å². The molecule has 1 aromatic heterocycles. The fraction of sp³-hybridized carbons (Fsp3) is 0.552. The summed E-state index contributed by atoms with van der Waals surface area (Å²) >= 11 is 0. The van der Waals surface area contributed by atoms with Gasteiger partial charge in [-0.2, -0.15) is 0 Å². The van der Waals surface area contributed by atoms with Crippen LogP contribution < -0.4 is 16.0 Å². The second-order valence-corrected chi connectivity index (χ2v) is 11.7. The van der Waals surface area contributed by atoms with E-state index in [2.05, 4.69) is 65.0 Å². The third kappa shape index (κ3) is 7.09. The SMILES string of the molecule is CN(c1ccc(-c2ccc(C(C=NCCN3CCOCC3)=CN)cc2O)nn1)C1CC(C)(C)NC(C)(C)C1. The summed E-state index contributed by atoms with van der Waals surface area (Å²) in [6.07, 6.45) is 5.32. The van der Waals surface area contributed by atoms with E-state index in [1.165, 1.54) is 6.20 Å². The van der Waals surface area contributed by atoms with Crippen LogP contribution in [0.4, 0.5) is 5.82 Å². The lowest BCUT2D eigenvalue weighted by Gasteiger charge is -2.49. The van der Waals surface area contributed by atoms with Crippen LogP contribution in [-0.2, 0) is 4.74 Å². The van der Waals surface area contributed by atoms with Crippen molar-refractivity contribution in [2.24, 2.45) is 10.7 Å². The first-order valence-electron chi connectivity index (χ1n) is 13.5. The zero-order chi connectivity index (χ0) is 27.3. The molecule has 2 saturated heterocycles. The van der Waals surface area contributed by atoms with Crippen LogP contribution in [0.3, 0.4) is 0 Å². The molecule has 4 rings (SSSR count). The lowest BCUT2D eigenvalue weighted by molar-refractivity contribution is 0.0395. The molecule has 2 aliphatic rings. The molecule has 0 amide bonds. The van der Waals surface area contributed by atoms with Crippen LogP contribution in [-0.4, -0.2) is 90.0 Å². The minimum absolute atomic E-state index is 0.0475. The standard InChI is InChI=1S/C29H43N7O2/c1-28(2)17-23(18-29(3,4)34-28)35(5)27-9-8-25(32-33-27)24-7-6-21(16-26(24)37)22(19-30)20-31-10-11-36-12-14-38-15-13-36/h6-9,16,19-20,23,34,37H,10-15,17-18,30H2,1-5H3. The Morgan fingerprint density at radius 2 is 1.87 bits per heavy atom. The molecule has 2 aromatic rings. The molecule has 9 nitrogen and oxygen atoms in total. The molecule has 0 atom stereocenters. The van der Waals surface area contributed by atoms with E-state index in [0.717, 1.165) is 62.6 Å². The second kappa shape index (κ2) is 11.8. The number of aromatic hydroxyl groups is 1. The molecule has 0 aliphatic carbocycles. The largest absolute Gasteiger partial charge is 0.507 e. The molecular formula is C29H43N7O2. The monoisotopic (exact) mass is 521 g/mol. The Balaban J connectivity index is 1.41. The number of anilines is 1. The van der Waals surface area contributed by atoms with Crippen molar-refractivity contribution in [2.75, 3.05) is 51.3 Å². The van der Waals surface area contributed by atoms with Crippen molar-refractivity contribution in [3.8, 4) is 17.0 Å². The molecule has 38 heavy (non-hydrogen) atoms. The summed E-state index contributed by atoms with van der Waals surface area (Å²) in [4.78, 5) is 9.10. The van der Waals surface area contributed by atoms with E-state index in [4.69, 9.17) is 10.5 Å². The first-order chi connectivity index (χ1) is 18.1. The van der Waals surface area contributed by atoms with Crippen LogP contribution in [0.15, 0.2) is 41.5 Å². The van der Waals surface area contributed by atoms with Gasteiger partial charge in [-0.05, 0) is 70.4 Å². The fourth-order valence-electron chi connectivity index (χ4n) is 5.71. The molecule has 4 N–H and O–H groups in total. The lowest BCUT2D eigenvalue weighted by Crippen LogP contribution is -2.62. The van der Waals surface area contributed by atoms with Crippen molar-refractivity contribution in [3.63, 3.8) is 0 Å². The molecule has 0 unspecified atom stereocenters. The fourth-order valence-corrected chi connectivity index (χ4v) is 5.71. The van der Waals surface area contributed by atoms with Crippen LogP contribution in [0.5, 0.6) is 5.75 Å². The number of allylic oxidation sites excluding steroid dienone is 1. The average molecular weight is 522 g/mol. The zero-order valence-corrected chi connectivity index (χ0v) is 23.4. The first-order valence-corrected chi connectivity index (χ1v) is 13.5. The Morgan fingerprint density at radius 1 is 1.16 bits per heavy atom. The number of nitrogens with two attached hydrogens (primary N) is 1. The number of aromatic nitrogens is 2. The number of piperidine rings is 1. The summed E-state index contributed by atoms with van der Waals surface area (Å²) in [7, 11) is 2.08. The molecule has 2 aliphatic heterocycles. The summed E-state index contributed by atoms with van der Waals surface area (Å²) in [6, 6.07) is 9.71. The smallest absolute Gasteiger partial charge is 0.151 e. The molecular weight excluding hydrogens is 478 g/mol. The van der Waals surface area contributed by atoms with Crippen molar-refractivity contribution in [3.05, 3.63) is 42.1 Å². The Kier molecular flexibility index (Phi) is 8.70. The summed E-state index contributed by atoms with van der Waals surface area (Å²) in [6.45, 7) is 14.0. The maximum atomic E-state index is 10.8. The quantitative estimate of drug-likeness (QED) is 0.454. The molecule has 206 valence electrons. The predicted molar refractivity (Wildman–Crippen MR) is 155 cm³/mol. The highest BCUT2D eigenvalue weighted by atomic mass is 16.5. The van der Waals surface area contributed by atoms with Gasteiger partial charge in [0.05, 0.1) is 25.5 Å². The van der Waals surface area contributed by atoms with Gasteiger partial charge in [-0.15, -0.1) is 10.2 Å². The van der Waals surface area contributed by atoms with Crippen LogP contribution in [0, 0.1) is 0 Å². The van der Waals surface area contributed by atoms with E-state index < -0.39 is 0 Å². The third-order valence-electron chi connectivity index (χ3n) is 7.39. The van der Waals surface area contributed by atoms with E-state index in [1.54, 1.807) is 12.3 Å². The van der Waals surface area contributed by atoms with Gasteiger partial charge < -0.3 is 25.8 Å². The Morgan fingerprint density at radius 3 is 2.47 bits per heavy atom. The molecule has 2 fully saturated rings. The van der Waals surface area contributed by atoms with Gasteiger partial charge in [0.1, 0.15) is 5.75 Å². The molecule has 0 bridgehead atoms. The topological polar surface area (TPSA) is 112 Å². The van der Waals surface area contributed by atoms with Gasteiger partial charge in [0, 0.05) is 67.4 Å². The zero-order valence-electron chi connectivity index (χ0n) is 23.4. The number of benzene rings is 1. The maximum Gasteiger partial charge on any atom is 0.151 e. The van der Waals surface area contributed by atoms with E-state index >= 15 is 0 Å². The third-order valence-corrected chi connectivity index (χ3v) is 7.39. The maximum absolute atomic E-state index is 10.8. The highest BCUT2D eigenvalue weighted by Crippen LogP contribution is 2.34. The first kappa shape index (κ1) is 28.0. The number of hydrogen-bond donors (Lipinski definition) is 3. The Bertz CT molecular complexity index is 1120. The number of ether oxygens (including phenoxy) is 1. The van der Waals surface area contributed by atoms with Gasteiger partial charge in [-0.25, -0.2) is 0 Å². The van der Waals surface area contributed by atoms with Gasteiger partial charge in [-0.3, -0.25) is 9.89 Å². The summed E-state index contributed by atoms with van der Waals surface area (Å²) < 4.78 is 5.39. The van der Waals surface area contributed by atoms with Crippen molar-refractivity contribution in [1.29, 1.82) is 0 Å². The normalized spacial score (nSPS) is 20.6. The minimum atomic E-state index is 0.0475. The number of nitrogens with one attached hydrogen (secondary N) is 1. The summed E-state index contributed by atoms with van der Waals surface area (Å²) in [5, 5.41) is 23.5. The van der Waals surface area contributed by atoms with E-state index in [9.17, 15) is 5.11 Å².